The number of carboxylic acids is 1. The lowest BCUT2D eigenvalue weighted by Crippen LogP contribution is -2.56. The van der Waals surface area contributed by atoms with Gasteiger partial charge < -0.3 is 15.2 Å². The molecule has 1 aliphatic rings. The van der Waals surface area contributed by atoms with Crippen molar-refractivity contribution in [2.75, 3.05) is 18.5 Å². The van der Waals surface area contributed by atoms with Gasteiger partial charge >= 0.3 is 5.97 Å². The fourth-order valence-corrected chi connectivity index (χ4v) is 2.63. The molecule has 0 radical (unpaired) electrons. The van der Waals surface area contributed by atoms with E-state index in [2.05, 4.69) is 21.2 Å². The zero-order valence-electron chi connectivity index (χ0n) is 10.1. The molecule has 2 N–H and O–H groups in total. The molecule has 1 aliphatic heterocycles. The molecule has 4 nitrogen and oxygen atoms in total. The second-order valence-electron chi connectivity index (χ2n) is 4.61. The Balaban J connectivity index is 2.32. The fourth-order valence-electron chi connectivity index (χ4n) is 2.24. The summed E-state index contributed by atoms with van der Waals surface area (Å²) in [4.78, 5) is 11.7. The molecular weight excluding hydrogens is 298 g/mol. The molecule has 1 aromatic carbocycles. The average molecular weight is 314 g/mol. The second-order valence-corrected chi connectivity index (χ2v) is 5.46. The molecule has 1 aromatic rings. The van der Waals surface area contributed by atoms with Crippen molar-refractivity contribution in [2.45, 2.75) is 18.9 Å². The molecule has 18 heavy (non-hydrogen) atoms. The molecule has 2 unspecified atom stereocenters. The van der Waals surface area contributed by atoms with E-state index in [1.807, 2.05) is 31.2 Å². The normalized spacial score (nSPS) is 27.8. The maximum Gasteiger partial charge on any atom is 0.329 e. The predicted octanol–water partition coefficient (Wildman–Crippen LogP) is 2.74. The molecule has 5 heteroatoms. The molecular formula is C13H16BrNO3. The van der Waals surface area contributed by atoms with Crippen molar-refractivity contribution in [3.63, 3.8) is 0 Å². The number of hydrogen-bond donors (Lipinski definition) is 2. The lowest BCUT2D eigenvalue weighted by Gasteiger charge is -2.40. The minimum Gasteiger partial charge on any atom is -0.479 e. The summed E-state index contributed by atoms with van der Waals surface area (Å²) in [5.74, 6) is -0.912. The van der Waals surface area contributed by atoms with Crippen LogP contribution in [0.15, 0.2) is 28.7 Å². The van der Waals surface area contributed by atoms with Crippen LogP contribution in [0.1, 0.15) is 13.3 Å². The first kappa shape index (κ1) is 13.4. The van der Waals surface area contributed by atoms with Gasteiger partial charge in [-0.05, 0) is 28.1 Å². The third kappa shape index (κ3) is 2.37. The Morgan fingerprint density at radius 3 is 2.89 bits per heavy atom. The van der Waals surface area contributed by atoms with E-state index in [-0.39, 0.29) is 5.92 Å². The van der Waals surface area contributed by atoms with E-state index in [1.165, 1.54) is 0 Å². The van der Waals surface area contributed by atoms with Crippen molar-refractivity contribution in [1.29, 1.82) is 0 Å². The van der Waals surface area contributed by atoms with Crippen LogP contribution in [0.4, 0.5) is 5.69 Å². The van der Waals surface area contributed by atoms with Crippen LogP contribution in [0.25, 0.3) is 0 Å². The summed E-state index contributed by atoms with van der Waals surface area (Å²) in [6.07, 6.45) is 0.463. The highest BCUT2D eigenvalue weighted by Gasteiger charge is 2.46. The number of benzene rings is 1. The third-order valence-corrected chi connectivity index (χ3v) is 4.15. The van der Waals surface area contributed by atoms with Crippen molar-refractivity contribution < 1.29 is 14.6 Å². The van der Waals surface area contributed by atoms with Gasteiger partial charge in [0.05, 0.1) is 6.61 Å². The molecule has 0 aliphatic carbocycles. The van der Waals surface area contributed by atoms with Crippen molar-refractivity contribution in [1.82, 2.24) is 0 Å². The Morgan fingerprint density at radius 2 is 2.28 bits per heavy atom. The molecule has 98 valence electrons. The number of hydrogen-bond acceptors (Lipinski definition) is 3. The van der Waals surface area contributed by atoms with Crippen molar-refractivity contribution >= 4 is 27.6 Å². The highest BCUT2D eigenvalue weighted by Crippen LogP contribution is 2.33. The quantitative estimate of drug-likeness (QED) is 0.901. The van der Waals surface area contributed by atoms with Crippen molar-refractivity contribution in [3.05, 3.63) is 28.7 Å². The summed E-state index contributed by atoms with van der Waals surface area (Å²) in [5, 5.41) is 12.8. The summed E-state index contributed by atoms with van der Waals surface area (Å²) < 4.78 is 6.21. The highest BCUT2D eigenvalue weighted by atomic mass is 79.9. The van der Waals surface area contributed by atoms with Crippen LogP contribution in [0, 0.1) is 5.92 Å². The highest BCUT2D eigenvalue weighted by molar-refractivity contribution is 9.10. The monoisotopic (exact) mass is 313 g/mol. The predicted molar refractivity (Wildman–Crippen MR) is 72.7 cm³/mol. The number of ether oxygens (including phenoxy) is 1. The number of halogens is 1. The van der Waals surface area contributed by atoms with Crippen LogP contribution < -0.4 is 5.32 Å². The topological polar surface area (TPSA) is 58.6 Å². The average Bonchev–Trinajstić information content (AvgIpc) is 2.34. The maximum atomic E-state index is 11.7. The number of carboxylic acid groups (broad SMARTS) is 1. The molecule has 0 spiro atoms. The number of para-hydroxylation sites is 1. The summed E-state index contributed by atoms with van der Waals surface area (Å²) in [5.41, 5.74) is -0.157. The van der Waals surface area contributed by atoms with Crippen LogP contribution in [0.2, 0.25) is 0 Å². The first-order valence-electron chi connectivity index (χ1n) is 5.90. The summed E-state index contributed by atoms with van der Waals surface area (Å²) in [7, 11) is 0. The second kappa shape index (κ2) is 5.28. The Kier molecular flexibility index (Phi) is 3.92. The van der Waals surface area contributed by atoms with Gasteiger partial charge in [-0.25, -0.2) is 4.79 Å². The zero-order valence-corrected chi connectivity index (χ0v) is 11.7. The number of aliphatic carboxylic acids is 1. The minimum atomic E-state index is -0.956. The Hall–Kier alpha value is -1.07. The Morgan fingerprint density at radius 1 is 1.56 bits per heavy atom. The van der Waals surface area contributed by atoms with Crippen LogP contribution in [0.3, 0.4) is 0 Å². The fraction of sp³-hybridized carbons (Fsp3) is 0.462. The molecule has 1 saturated heterocycles. The largest absolute Gasteiger partial charge is 0.479 e. The minimum absolute atomic E-state index is 0.0872. The van der Waals surface area contributed by atoms with E-state index in [1.54, 1.807) is 0 Å². The smallest absolute Gasteiger partial charge is 0.329 e. The van der Waals surface area contributed by atoms with Gasteiger partial charge in [-0.2, -0.15) is 0 Å². The van der Waals surface area contributed by atoms with Gasteiger partial charge in [-0.1, -0.05) is 19.1 Å². The molecule has 0 saturated carbocycles. The van der Waals surface area contributed by atoms with Gasteiger partial charge in [0, 0.05) is 29.1 Å². The van der Waals surface area contributed by atoms with E-state index in [0.717, 1.165) is 10.2 Å². The van der Waals surface area contributed by atoms with Crippen LogP contribution in [-0.2, 0) is 9.53 Å². The van der Waals surface area contributed by atoms with Gasteiger partial charge in [-0.3, -0.25) is 0 Å². The maximum absolute atomic E-state index is 11.7. The lowest BCUT2D eigenvalue weighted by molar-refractivity contribution is -0.148. The summed E-state index contributed by atoms with van der Waals surface area (Å²) in [6.45, 7) is 2.83. The first-order valence-corrected chi connectivity index (χ1v) is 6.69. The molecule has 2 atom stereocenters. The standard InChI is InChI=1S/C13H16BrNO3/c1-9-8-18-7-6-13(9,12(16)17)15-11-5-3-2-4-10(11)14/h2-5,9,15H,6-8H2,1H3,(H,16,17). The van der Waals surface area contributed by atoms with Crippen LogP contribution >= 0.6 is 15.9 Å². The number of carbonyl (C=O) groups is 1. The molecule has 2 rings (SSSR count). The van der Waals surface area contributed by atoms with E-state index < -0.39 is 11.5 Å². The number of anilines is 1. The van der Waals surface area contributed by atoms with Crippen LogP contribution in [-0.4, -0.2) is 29.8 Å². The van der Waals surface area contributed by atoms with Crippen molar-refractivity contribution in [3.8, 4) is 0 Å². The van der Waals surface area contributed by atoms with Gasteiger partial charge in [0.2, 0.25) is 0 Å². The van der Waals surface area contributed by atoms with Gasteiger partial charge in [0.15, 0.2) is 0 Å². The van der Waals surface area contributed by atoms with Crippen LogP contribution in [0.5, 0.6) is 0 Å². The SMILES string of the molecule is CC1COCCC1(Nc1ccccc1Br)C(=O)O. The van der Waals surface area contributed by atoms with E-state index in [0.29, 0.717) is 19.6 Å². The molecule has 0 amide bonds. The summed E-state index contributed by atoms with van der Waals surface area (Å²) >= 11 is 3.43. The molecule has 1 fully saturated rings. The molecule has 0 bridgehead atoms. The van der Waals surface area contributed by atoms with Crippen molar-refractivity contribution in [2.24, 2.45) is 5.92 Å². The van der Waals surface area contributed by atoms with E-state index in [9.17, 15) is 9.90 Å². The molecule has 1 heterocycles. The zero-order chi connectivity index (χ0) is 13.2. The first-order chi connectivity index (χ1) is 8.56. The van der Waals surface area contributed by atoms with E-state index >= 15 is 0 Å². The van der Waals surface area contributed by atoms with E-state index in [4.69, 9.17) is 4.74 Å². The van der Waals surface area contributed by atoms with Gasteiger partial charge in [-0.15, -0.1) is 0 Å². The lowest BCUT2D eigenvalue weighted by atomic mass is 9.81. The number of nitrogens with one attached hydrogen (secondary N) is 1. The third-order valence-electron chi connectivity index (χ3n) is 3.46. The number of rotatable bonds is 3. The molecule has 0 aromatic heterocycles. The van der Waals surface area contributed by atoms with Gasteiger partial charge in [0.1, 0.15) is 5.54 Å². The Bertz CT molecular complexity index is 452. The Labute approximate surface area is 114 Å². The van der Waals surface area contributed by atoms with Gasteiger partial charge in [0.25, 0.3) is 0 Å². The summed E-state index contributed by atoms with van der Waals surface area (Å²) in [6, 6.07) is 7.54.